The molecular weight excluding hydrogens is 406 g/mol. The number of hydrogen-bond donors (Lipinski definition) is 0. The van der Waals surface area contributed by atoms with Crippen molar-refractivity contribution in [3.05, 3.63) is 90.5 Å². The van der Waals surface area contributed by atoms with Crippen molar-refractivity contribution in [3.63, 3.8) is 0 Å². The molecule has 0 aliphatic carbocycles. The zero-order valence-electron chi connectivity index (χ0n) is 18.8. The van der Waals surface area contributed by atoms with Crippen molar-refractivity contribution in [2.75, 3.05) is 0 Å². The third-order valence-corrected chi connectivity index (χ3v) is 6.24. The van der Waals surface area contributed by atoms with Gasteiger partial charge in [-0.15, -0.1) is 0 Å². The number of fused-ring (bicyclic) bond motifs is 2. The Bertz CT molecular complexity index is 1540. The molecule has 0 saturated carbocycles. The molecular formula is C28H23N5. The summed E-state index contributed by atoms with van der Waals surface area (Å²) in [6, 6.07) is 29.2. The van der Waals surface area contributed by atoms with E-state index in [9.17, 15) is 0 Å². The van der Waals surface area contributed by atoms with Crippen LogP contribution in [0.1, 0.15) is 5.56 Å². The molecule has 0 radical (unpaired) electrons. The SMILES string of the molecule is Cc1ccc(-c2cc(-c3nc4ccccc4n3C)nc(-c3nc4ccccc4n3C)c2)cc1. The first-order valence-corrected chi connectivity index (χ1v) is 11.0. The fourth-order valence-electron chi connectivity index (χ4n) is 4.42. The van der Waals surface area contributed by atoms with E-state index >= 15 is 0 Å². The second kappa shape index (κ2) is 7.41. The van der Waals surface area contributed by atoms with Crippen molar-refractivity contribution < 1.29 is 0 Å². The first-order chi connectivity index (χ1) is 16.1. The highest BCUT2D eigenvalue weighted by molar-refractivity contribution is 5.83. The van der Waals surface area contributed by atoms with Crippen molar-refractivity contribution in [2.45, 2.75) is 6.92 Å². The van der Waals surface area contributed by atoms with Crippen molar-refractivity contribution in [1.29, 1.82) is 0 Å². The van der Waals surface area contributed by atoms with E-state index in [0.29, 0.717) is 0 Å². The van der Waals surface area contributed by atoms with Gasteiger partial charge in [-0.05, 0) is 54.4 Å². The van der Waals surface area contributed by atoms with Gasteiger partial charge in [0.15, 0.2) is 11.6 Å². The lowest BCUT2D eigenvalue weighted by Gasteiger charge is -2.10. The van der Waals surface area contributed by atoms with Crippen LogP contribution in [0.3, 0.4) is 0 Å². The van der Waals surface area contributed by atoms with Crippen LogP contribution < -0.4 is 0 Å². The van der Waals surface area contributed by atoms with Gasteiger partial charge < -0.3 is 9.13 Å². The largest absolute Gasteiger partial charge is 0.326 e. The highest BCUT2D eigenvalue weighted by Crippen LogP contribution is 2.32. The molecule has 0 atom stereocenters. The molecule has 6 aromatic rings. The molecule has 0 spiro atoms. The molecule has 6 rings (SSSR count). The zero-order valence-corrected chi connectivity index (χ0v) is 18.8. The molecule has 3 aromatic heterocycles. The molecule has 0 bridgehead atoms. The fourth-order valence-corrected chi connectivity index (χ4v) is 4.42. The highest BCUT2D eigenvalue weighted by Gasteiger charge is 2.17. The number of pyridine rings is 1. The van der Waals surface area contributed by atoms with Crippen molar-refractivity contribution in [3.8, 4) is 34.2 Å². The van der Waals surface area contributed by atoms with E-state index in [1.807, 2.05) is 50.5 Å². The summed E-state index contributed by atoms with van der Waals surface area (Å²) < 4.78 is 4.21. The monoisotopic (exact) mass is 429 g/mol. The summed E-state index contributed by atoms with van der Waals surface area (Å²) in [5.41, 5.74) is 9.21. The first kappa shape index (κ1) is 19.4. The van der Waals surface area contributed by atoms with Gasteiger partial charge in [0.25, 0.3) is 0 Å². The highest BCUT2D eigenvalue weighted by atomic mass is 15.1. The van der Waals surface area contributed by atoms with Crippen LogP contribution in [0.5, 0.6) is 0 Å². The molecule has 0 saturated heterocycles. The second-order valence-corrected chi connectivity index (χ2v) is 8.46. The van der Waals surface area contributed by atoms with E-state index in [1.54, 1.807) is 0 Å². The maximum Gasteiger partial charge on any atom is 0.159 e. The van der Waals surface area contributed by atoms with Crippen molar-refractivity contribution in [1.82, 2.24) is 24.1 Å². The normalized spacial score (nSPS) is 11.5. The van der Waals surface area contributed by atoms with Crippen LogP contribution in [-0.2, 0) is 14.1 Å². The maximum atomic E-state index is 5.06. The summed E-state index contributed by atoms with van der Waals surface area (Å²) in [5.74, 6) is 1.68. The molecule has 3 heterocycles. The van der Waals surface area contributed by atoms with E-state index in [4.69, 9.17) is 15.0 Å². The minimum Gasteiger partial charge on any atom is -0.326 e. The van der Waals surface area contributed by atoms with Gasteiger partial charge in [0.2, 0.25) is 0 Å². The van der Waals surface area contributed by atoms with Crippen molar-refractivity contribution >= 4 is 22.1 Å². The lowest BCUT2D eigenvalue weighted by atomic mass is 10.0. The Morgan fingerprint density at radius 2 is 1.03 bits per heavy atom. The Hall–Kier alpha value is -4.25. The number of imidazole rings is 2. The molecule has 0 aliphatic rings. The van der Waals surface area contributed by atoms with E-state index in [-0.39, 0.29) is 0 Å². The van der Waals surface area contributed by atoms with E-state index in [0.717, 1.165) is 56.2 Å². The summed E-state index contributed by atoms with van der Waals surface area (Å²) in [6.07, 6.45) is 0. The lowest BCUT2D eigenvalue weighted by molar-refractivity contribution is 0.938. The van der Waals surface area contributed by atoms with Crippen LogP contribution >= 0.6 is 0 Å². The van der Waals surface area contributed by atoms with Crippen LogP contribution in [0.25, 0.3) is 56.2 Å². The van der Waals surface area contributed by atoms with Crippen LogP contribution in [0.15, 0.2) is 84.9 Å². The fraction of sp³-hybridized carbons (Fsp3) is 0.107. The van der Waals surface area contributed by atoms with E-state index in [2.05, 4.69) is 64.6 Å². The van der Waals surface area contributed by atoms with Gasteiger partial charge >= 0.3 is 0 Å². The molecule has 0 amide bonds. The molecule has 5 heteroatoms. The predicted molar refractivity (Wildman–Crippen MR) is 134 cm³/mol. The molecule has 0 aliphatic heterocycles. The van der Waals surface area contributed by atoms with Gasteiger partial charge in [-0.25, -0.2) is 15.0 Å². The van der Waals surface area contributed by atoms with Gasteiger partial charge in [-0.3, -0.25) is 0 Å². The number of para-hydroxylation sites is 4. The van der Waals surface area contributed by atoms with Crippen LogP contribution in [0.4, 0.5) is 0 Å². The summed E-state index contributed by atoms with van der Waals surface area (Å²) in [5, 5.41) is 0. The topological polar surface area (TPSA) is 48.5 Å². The number of hydrogen-bond acceptors (Lipinski definition) is 3. The molecule has 0 N–H and O–H groups in total. The molecule has 3 aromatic carbocycles. The average molecular weight is 430 g/mol. The Morgan fingerprint density at radius 1 is 0.545 bits per heavy atom. The molecule has 0 unspecified atom stereocenters. The molecule has 160 valence electrons. The second-order valence-electron chi connectivity index (χ2n) is 8.46. The van der Waals surface area contributed by atoms with Gasteiger partial charge in [-0.2, -0.15) is 0 Å². The third-order valence-electron chi connectivity index (χ3n) is 6.24. The standard InChI is InChI=1S/C28H23N5/c1-18-12-14-19(15-13-18)20-16-23(27-30-21-8-4-6-10-25(21)32(27)2)29-24(17-20)28-31-22-9-5-7-11-26(22)33(28)3/h4-17H,1-3H3. The van der Waals surface area contributed by atoms with Gasteiger partial charge in [0.05, 0.1) is 22.1 Å². The van der Waals surface area contributed by atoms with Crippen molar-refractivity contribution in [2.24, 2.45) is 14.1 Å². The number of aryl methyl sites for hydroxylation is 3. The maximum absolute atomic E-state index is 5.06. The van der Waals surface area contributed by atoms with Crippen LogP contribution in [0, 0.1) is 6.92 Å². The summed E-state index contributed by atoms with van der Waals surface area (Å²) in [6.45, 7) is 2.10. The number of nitrogens with zero attached hydrogens (tertiary/aromatic N) is 5. The molecule has 33 heavy (non-hydrogen) atoms. The third kappa shape index (κ3) is 3.21. The Labute approximate surface area is 192 Å². The minimum absolute atomic E-state index is 0.828. The van der Waals surface area contributed by atoms with Crippen LogP contribution in [0.2, 0.25) is 0 Å². The summed E-state index contributed by atoms with van der Waals surface area (Å²) in [7, 11) is 4.08. The number of aromatic nitrogens is 5. The quantitative estimate of drug-likeness (QED) is 0.338. The Morgan fingerprint density at radius 3 is 1.52 bits per heavy atom. The Kier molecular flexibility index (Phi) is 4.37. The smallest absolute Gasteiger partial charge is 0.159 e. The summed E-state index contributed by atoms with van der Waals surface area (Å²) >= 11 is 0. The number of rotatable bonds is 3. The first-order valence-electron chi connectivity index (χ1n) is 11.0. The van der Waals surface area contributed by atoms with Gasteiger partial charge in [-0.1, -0.05) is 54.1 Å². The van der Waals surface area contributed by atoms with E-state index in [1.165, 1.54) is 5.56 Å². The van der Waals surface area contributed by atoms with Gasteiger partial charge in [0.1, 0.15) is 11.4 Å². The summed E-state index contributed by atoms with van der Waals surface area (Å²) in [4.78, 5) is 14.9. The van der Waals surface area contributed by atoms with Gasteiger partial charge in [0, 0.05) is 14.1 Å². The molecule has 5 nitrogen and oxygen atoms in total. The van der Waals surface area contributed by atoms with E-state index < -0.39 is 0 Å². The average Bonchev–Trinajstić information content (AvgIpc) is 3.37. The lowest BCUT2D eigenvalue weighted by Crippen LogP contribution is -2.00. The Balaban J connectivity index is 1.62. The molecule has 0 fully saturated rings. The minimum atomic E-state index is 0.828. The van der Waals surface area contributed by atoms with Crippen LogP contribution in [-0.4, -0.2) is 24.1 Å². The predicted octanol–water partition coefficient (Wildman–Crippen LogP) is 6.16. The zero-order chi connectivity index (χ0) is 22.5. The number of benzene rings is 3.